The highest BCUT2D eigenvalue weighted by atomic mass is 32.1. The van der Waals surface area contributed by atoms with E-state index >= 15 is 0 Å². The molecular weight excluding hydrogens is 808 g/mol. The van der Waals surface area contributed by atoms with Crippen molar-refractivity contribution in [3.8, 4) is 10.4 Å². The number of thiophene rings is 1. The van der Waals surface area contributed by atoms with Crippen molar-refractivity contribution in [3.05, 3.63) is 148 Å². The first-order valence-corrected chi connectivity index (χ1v) is 24.4. The summed E-state index contributed by atoms with van der Waals surface area (Å²) in [6, 6.07) is 40.0. The van der Waals surface area contributed by atoms with E-state index in [1.807, 2.05) is 11.3 Å². The predicted octanol–water partition coefficient (Wildman–Crippen LogP) is 15.8. The van der Waals surface area contributed by atoms with Crippen LogP contribution in [0, 0.1) is 27.7 Å². The monoisotopic (exact) mass is 872 g/mol. The van der Waals surface area contributed by atoms with Crippen LogP contribution in [0.3, 0.4) is 0 Å². The Morgan fingerprint density at radius 1 is 0.477 bits per heavy atom. The highest BCUT2D eigenvalue weighted by Crippen LogP contribution is 2.52. The van der Waals surface area contributed by atoms with Crippen LogP contribution in [-0.4, -0.2) is 6.71 Å². The van der Waals surface area contributed by atoms with E-state index in [-0.39, 0.29) is 28.4 Å². The minimum atomic E-state index is -0.137. The number of hydrogen-bond acceptors (Lipinski definition) is 4. The molecule has 0 amide bonds. The largest absolute Gasteiger partial charge is 0.468 e. The van der Waals surface area contributed by atoms with Gasteiger partial charge in [0, 0.05) is 32.0 Å². The fourth-order valence-corrected chi connectivity index (χ4v) is 11.7. The molecule has 2 aliphatic heterocycles. The standard InChI is InChI=1S/C60H65BN2OS/c1-34-25-39(51-29-38-19-17-18-20-50(38)65-51)26-35(2)53(34)62-46-23-21-41(58(8,9)10)31-45(46)61-52-47(62)32-43(60(14,15)16)33-48(52)63(54-36(3)27-42(28-37(54)4)59(11,12)13)55-44-30-40(57(5,6)7)22-24-49(44)64-56(55)61/h17-33H,1-16H3. The van der Waals surface area contributed by atoms with Crippen LogP contribution in [0.2, 0.25) is 0 Å². The third-order valence-corrected chi connectivity index (χ3v) is 15.4. The normalized spacial score (nSPS) is 14.1. The Labute approximate surface area is 392 Å². The summed E-state index contributed by atoms with van der Waals surface area (Å²) in [4.78, 5) is 6.55. The molecule has 330 valence electrons. The van der Waals surface area contributed by atoms with E-state index in [1.165, 1.54) is 110 Å². The fraction of sp³-hybridized carbons (Fsp3) is 0.333. The summed E-state index contributed by atoms with van der Waals surface area (Å²) < 4.78 is 8.74. The highest BCUT2D eigenvalue weighted by molar-refractivity contribution is 7.22. The number of benzene rings is 6. The van der Waals surface area contributed by atoms with Gasteiger partial charge in [0.15, 0.2) is 0 Å². The van der Waals surface area contributed by atoms with Crippen LogP contribution >= 0.6 is 11.3 Å². The van der Waals surface area contributed by atoms with Gasteiger partial charge in [-0.05, 0) is 170 Å². The first-order valence-electron chi connectivity index (χ1n) is 23.6. The molecule has 8 aromatic rings. The molecule has 6 aromatic carbocycles. The maximum Gasteiger partial charge on any atom is 0.297 e. The SMILES string of the molecule is Cc1cc(-c2cc3ccccc3s2)cc(C)c1N1c2ccc(C(C)(C)C)cc2B2c3oc4ccc(C(C)(C)C)cc4c3N(c3c(C)cc(C(C)(C)C)cc3C)c3cc(C(C)(C)C)cc1c32. The van der Waals surface area contributed by atoms with Gasteiger partial charge < -0.3 is 14.2 Å². The molecular formula is C60H65BN2OS. The van der Waals surface area contributed by atoms with Gasteiger partial charge in [-0.2, -0.15) is 0 Å². The Kier molecular flexibility index (Phi) is 9.67. The molecule has 3 nitrogen and oxygen atoms in total. The van der Waals surface area contributed by atoms with Crippen molar-refractivity contribution in [2.45, 2.75) is 132 Å². The third-order valence-electron chi connectivity index (χ3n) is 14.3. The number of fused-ring (bicyclic) bond motifs is 7. The zero-order chi connectivity index (χ0) is 46.4. The van der Waals surface area contributed by atoms with Crippen LogP contribution < -0.4 is 26.4 Å². The number of rotatable bonds is 3. The van der Waals surface area contributed by atoms with Crippen LogP contribution in [0.25, 0.3) is 31.5 Å². The van der Waals surface area contributed by atoms with Crippen molar-refractivity contribution >= 4 is 89.8 Å². The molecule has 5 heteroatoms. The van der Waals surface area contributed by atoms with Crippen molar-refractivity contribution in [1.29, 1.82) is 0 Å². The first-order chi connectivity index (χ1) is 30.4. The Morgan fingerprint density at radius 2 is 1.00 bits per heavy atom. The molecule has 4 heterocycles. The van der Waals surface area contributed by atoms with Gasteiger partial charge in [-0.25, -0.2) is 0 Å². The second-order valence-electron chi connectivity index (χ2n) is 23.4. The number of hydrogen-bond donors (Lipinski definition) is 0. The summed E-state index contributed by atoms with van der Waals surface area (Å²) in [5, 5.41) is 2.46. The molecule has 0 atom stereocenters. The van der Waals surface area contributed by atoms with Gasteiger partial charge in [0.2, 0.25) is 0 Å². The zero-order valence-corrected chi connectivity index (χ0v) is 42.4. The number of anilines is 6. The molecule has 0 bridgehead atoms. The number of nitrogens with zero attached hydrogens (tertiary/aromatic N) is 2. The van der Waals surface area contributed by atoms with Crippen molar-refractivity contribution in [1.82, 2.24) is 0 Å². The average molecular weight is 873 g/mol. The summed E-state index contributed by atoms with van der Waals surface area (Å²) in [6.07, 6.45) is 0. The maximum absolute atomic E-state index is 7.42. The van der Waals surface area contributed by atoms with Crippen molar-refractivity contribution in [2.75, 3.05) is 9.80 Å². The van der Waals surface area contributed by atoms with Crippen molar-refractivity contribution in [3.63, 3.8) is 0 Å². The van der Waals surface area contributed by atoms with E-state index in [1.54, 1.807) is 0 Å². The summed E-state index contributed by atoms with van der Waals surface area (Å²) in [5.41, 5.74) is 23.2. The van der Waals surface area contributed by atoms with Crippen molar-refractivity contribution in [2.24, 2.45) is 0 Å². The minimum absolute atomic E-state index is 0.0126. The maximum atomic E-state index is 7.42. The van der Waals surface area contributed by atoms with Crippen LogP contribution in [0.1, 0.15) is 128 Å². The van der Waals surface area contributed by atoms with E-state index in [0.717, 1.165) is 16.9 Å². The molecule has 0 saturated carbocycles. The van der Waals surface area contributed by atoms with Gasteiger partial charge in [-0.1, -0.05) is 132 Å². The highest BCUT2D eigenvalue weighted by Gasteiger charge is 2.48. The molecule has 0 saturated heterocycles. The molecule has 0 radical (unpaired) electrons. The molecule has 10 rings (SSSR count). The second kappa shape index (κ2) is 14.5. The van der Waals surface area contributed by atoms with Gasteiger partial charge in [-0.15, -0.1) is 11.3 Å². The van der Waals surface area contributed by atoms with Crippen LogP contribution in [-0.2, 0) is 21.7 Å². The van der Waals surface area contributed by atoms with E-state index in [2.05, 4.69) is 224 Å². The van der Waals surface area contributed by atoms with Crippen LogP contribution in [0.15, 0.2) is 108 Å². The number of furan rings is 1. The molecule has 0 spiro atoms. The Balaban J connectivity index is 1.33. The smallest absolute Gasteiger partial charge is 0.297 e. The Hall–Kier alpha value is -5.52. The Morgan fingerprint density at radius 3 is 1.60 bits per heavy atom. The topological polar surface area (TPSA) is 19.6 Å². The quantitative estimate of drug-likeness (QED) is 0.165. The number of aryl methyl sites for hydroxylation is 4. The molecule has 2 aromatic heterocycles. The lowest BCUT2D eigenvalue weighted by Crippen LogP contribution is -2.61. The third kappa shape index (κ3) is 6.98. The second-order valence-corrected chi connectivity index (χ2v) is 24.5. The lowest BCUT2D eigenvalue weighted by Gasteiger charge is -2.45. The lowest BCUT2D eigenvalue weighted by molar-refractivity contribution is 0.589. The molecule has 0 fully saturated rings. The van der Waals surface area contributed by atoms with Crippen molar-refractivity contribution < 1.29 is 4.42 Å². The summed E-state index contributed by atoms with van der Waals surface area (Å²) in [6.45, 7) is 37.1. The molecule has 0 aliphatic carbocycles. The first kappa shape index (κ1) is 43.4. The van der Waals surface area contributed by atoms with E-state index < -0.39 is 0 Å². The van der Waals surface area contributed by atoms with Gasteiger partial charge >= 0.3 is 0 Å². The zero-order valence-electron chi connectivity index (χ0n) is 41.6. The minimum Gasteiger partial charge on any atom is -0.468 e. The molecule has 0 unspecified atom stereocenters. The predicted molar refractivity (Wildman–Crippen MR) is 285 cm³/mol. The van der Waals surface area contributed by atoms with Crippen LogP contribution in [0.4, 0.5) is 34.1 Å². The molecule has 0 N–H and O–H groups in total. The Bertz CT molecular complexity index is 3180. The van der Waals surface area contributed by atoms with Gasteiger partial charge in [0.05, 0.1) is 22.7 Å². The van der Waals surface area contributed by atoms with E-state index in [4.69, 9.17) is 4.42 Å². The van der Waals surface area contributed by atoms with E-state index in [0.29, 0.717) is 0 Å². The summed E-state index contributed by atoms with van der Waals surface area (Å²) >= 11 is 1.88. The van der Waals surface area contributed by atoms with Crippen LogP contribution in [0.5, 0.6) is 0 Å². The molecule has 2 aliphatic rings. The average Bonchev–Trinajstić information content (AvgIpc) is 3.82. The lowest BCUT2D eigenvalue weighted by atomic mass is 9.35. The molecule has 65 heavy (non-hydrogen) atoms. The summed E-state index contributed by atoms with van der Waals surface area (Å²) in [5.74, 6) is 0. The van der Waals surface area contributed by atoms with Gasteiger partial charge in [0.25, 0.3) is 6.71 Å². The fourth-order valence-electron chi connectivity index (χ4n) is 10.6. The van der Waals surface area contributed by atoms with Gasteiger partial charge in [0.1, 0.15) is 5.58 Å². The van der Waals surface area contributed by atoms with Gasteiger partial charge in [-0.3, -0.25) is 0 Å². The van der Waals surface area contributed by atoms with E-state index in [9.17, 15) is 0 Å². The summed E-state index contributed by atoms with van der Waals surface area (Å²) in [7, 11) is 0.